The molecular weight excluding hydrogens is 218 g/mol. The molecule has 0 fully saturated rings. The van der Waals surface area contributed by atoms with Gasteiger partial charge in [-0.05, 0) is 19.1 Å². The summed E-state index contributed by atoms with van der Waals surface area (Å²) in [5, 5.41) is 0.939. The van der Waals surface area contributed by atoms with Crippen molar-refractivity contribution in [1.82, 2.24) is 4.98 Å². The maximum Gasteiger partial charge on any atom is 0.138 e. The van der Waals surface area contributed by atoms with Crippen LogP contribution in [0.25, 0.3) is 10.2 Å². The van der Waals surface area contributed by atoms with Gasteiger partial charge in [-0.2, -0.15) is 0 Å². The third-order valence-electron chi connectivity index (χ3n) is 1.84. The monoisotopic (exact) mass is 227 g/mol. The first-order valence-electron chi connectivity index (χ1n) is 4.42. The Bertz CT molecular complexity index is 441. The number of benzene rings is 1. The second kappa shape index (κ2) is 4.15. The van der Waals surface area contributed by atoms with E-state index in [4.69, 9.17) is 16.3 Å². The number of alkyl halides is 1. The number of thiazole rings is 1. The summed E-state index contributed by atoms with van der Waals surface area (Å²) in [5.74, 6) is 1.36. The largest absolute Gasteiger partial charge is 0.492 e. The topological polar surface area (TPSA) is 22.1 Å². The van der Waals surface area contributed by atoms with Crippen LogP contribution in [0.2, 0.25) is 0 Å². The zero-order chi connectivity index (χ0) is 9.97. The number of fused-ring (bicyclic) bond motifs is 1. The molecule has 2 rings (SSSR count). The lowest BCUT2D eigenvalue weighted by Gasteiger charge is -2.01. The molecule has 0 saturated carbocycles. The minimum atomic E-state index is 0.463. The van der Waals surface area contributed by atoms with Crippen molar-refractivity contribution in [2.75, 3.05) is 6.61 Å². The van der Waals surface area contributed by atoms with Gasteiger partial charge in [-0.15, -0.1) is 22.9 Å². The maximum absolute atomic E-state index is 5.73. The second-order valence-electron chi connectivity index (χ2n) is 2.78. The highest BCUT2D eigenvalue weighted by molar-refractivity contribution is 7.19. The van der Waals surface area contributed by atoms with E-state index in [1.807, 2.05) is 25.1 Å². The Balaban J connectivity index is 2.55. The minimum Gasteiger partial charge on any atom is -0.492 e. The molecule has 0 aliphatic rings. The summed E-state index contributed by atoms with van der Waals surface area (Å²) < 4.78 is 6.59. The summed E-state index contributed by atoms with van der Waals surface area (Å²) in [4.78, 5) is 4.38. The van der Waals surface area contributed by atoms with Gasteiger partial charge >= 0.3 is 0 Å². The third kappa shape index (κ3) is 1.70. The van der Waals surface area contributed by atoms with Gasteiger partial charge in [-0.3, -0.25) is 0 Å². The van der Waals surface area contributed by atoms with Crippen LogP contribution in [0.5, 0.6) is 5.75 Å². The molecule has 0 spiro atoms. The van der Waals surface area contributed by atoms with Crippen molar-refractivity contribution in [2.45, 2.75) is 12.8 Å². The molecule has 1 heterocycles. The summed E-state index contributed by atoms with van der Waals surface area (Å²) in [6.07, 6.45) is 0. The van der Waals surface area contributed by atoms with Crippen molar-refractivity contribution >= 4 is 33.2 Å². The van der Waals surface area contributed by atoms with E-state index < -0.39 is 0 Å². The van der Waals surface area contributed by atoms with Crippen LogP contribution in [0.3, 0.4) is 0 Å². The van der Waals surface area contributed by atoms with Crippen LogP contribution in [0, 0.1) is 0 Å². The molecule has 0 aliphatic heterocycles. The number of hydrogen-bond donors (Lipinski definition) is 0. The highest BCUT2D eigenvalue weighted by Crippen LogP contribution is 2.31. The lowest BCUT2D eigenvalue weighted by molar-refractivity contribution is 0.345. The van der Waals surface area contributed by atoms with Crippen molar-refractivity contribution < 1.29 is 4.74 Å². The summed E-state index contributed by atoms with van der Waals surface area (Å²) in [6.45, 7) is 2.65. The number of rotatable bonds is 3. The molecule has 14 heavy (non-hydrogen) atoms. The van der Waals surface area contributed by atoms with Gasteiger partial charge < -0.3 is 4.74 Å². The van der Waals surface area contributed by atoms with Gasteiger partial charge in [0.25, 0.3) is 0 Å². The number of nitrogens with zero attached hydrogens (tertiary/aromatic N) is 1. The molecule has 0 N–H and O–H groups in total. The first-order valence-corrected chi connectivity index (χ1v) is 5.77. The van der Waals surface area contributed by atoms with Crippen LogP contribution in [0.4, 0.5) is 0 Å². The quantitative estimate of drug-likeness (QED) is 0.750. The van der Waals surface area contributed by atoms with Gasteiger partial charge in [0.05, 0.1) is 22.7 Å². The molecule has 0 bridgehead atoms. The Morgan fingerprint density at radius 1 is 1.50 bits per heavy atom. The van der Waals surface area contributed by atoms with E-state index in [2.05, 4.69) is 4.98 Å². The number of ether oxygens (including phenoxy) is 1. The van der Waals surface area contributed by atoms with Crippen molar-refractivity contribution in [3.05, 3.63) is 23.2 Å². The predicted octanol–water partition coefficient (Wildman–Crippen LogP) is 3.43. The standard InChI is InChI=1S/C10H10ClNOS/c1-2-13-8-5-3-4-7-10(8)14-9(6-11)12-7/h3-5H,2,6H2,1H3. The maximum atomic E-state index is 5.73. The highest BCUT2D eigenvalue weighted by Gasteiger charge is 2.07. The molecule has 4 heteroatoms. The Hall–Kier alpha value is -0.800. The zero-order valence-electron chi connectivity index (χ0n) is 7.79. The van der Waals surface area contributed by atoms with E-state index in [1.165, 1.54) is 0 Å². The van der Waals surface area contributed by atoms with Crippen molar-refractivity contribution in [3.8, 4) is 5.75 Å². The number of hydrogen-bond acceptors (Lipinski definition) is 3. The van der Waals surface area contributed by atoms with Crippen LogP contribution in [0.1, 0.15) is 11.9 Å². The molecule has 1 aromatic carbocycles. The van der Waals surface area contributed by atoms with Crippen molar-refractivity contribution in [3.63, 3.8) is 0 Å². The fourth-order valence-electron chi connectivity index (χ4n) is 1.30. The van der Waals surface area contributed by atoms with Crippen LogP contribution < -0.4 is 4.74 Å². The summed E-state index contributed by atoms with van der Waals surface area (Å²) in [7, 11) is 0. The first-order chi connectivity index (χ1) is 6.85. The molecule has 0 aliphatic carbocycles. The van der Waals surface area contributed by atoms with Gasteiger partial charge in [0.2, 0.25) is 0 Å². The van der Waals surface area contributed by atoms with Crippen molar-refractivity contribution in [1.29, 1.82) is 0 Å². The SMILES string of the molecule is CCOc1cccc2nc(CCl)sc12. The Morgan fingerprint density at radius 2 is 2.36 bits per heavy atom. The van der Waals surface area contributed by atoms with E-state index in [1.54, 1.807) is 11.3 Å². The molecule has 2 nitrogen and oxygen atoms in total. The van der Waals surface area contributed by atoms with Crippen LogP contribution in [-0.2, 0) is 5.88 Å². The van der Waals surface area contributed by atoms with Crippen LogP contribution in [0.15, 0.2) is 18.2 Å². The molecule has 2 aromatic rings. The smallest absolute Gasteiger partial charge is 0.138 e. The fourth-order valence-corrected chi connectivity index (χ4v) is 2.40. The Morgan fingerprint density at radius 3 is 3.07 bits per heavy atom. The summed E-state index contributed by atoms with van der Waals surface area (Å²) >= 11 is 7.33. The molecular formula is C10H10ClNOS. The lowest BCUT2D eigenvalue weighted by Crippen LogP contribution is -1.90. The van der Waals surface area contributed by atoms with Gasteiger partial charge in [0.1, 0.15) is 10.8 Å². The average Bonchev–Trinajstić information content (AvgIpc) is 2.62. The number of halogens is 1. The molecule has 1 aromatic heterocycles. The van der Waals surface area contributed by atoms with E-state index in [9.17, 15) is 0 Å². The first kappa shape index (κ1) is 9.74. The van der Waals surface area contributed by atoms with Gasteiger partial charge in [-0.1, -0.05) is 6.07 Å². The molecule has 74 valence electrons. The molecule has 0 radical (unpaired) electrons. The average molecular weight is 228 g/mol. The van der Waals surface area contributed by atoms with E-state index in [0.717, 1.165) is 21.0 Å². The van der Waals surface area contributed by atoms with E-state index in [-0.39, 0.29) is 0 Å². The van der Waals surface area contributed by atoms with E-state index in [0.29, 0.717) is 12.5 Å². The fraction of sp³-hybridized carbons (Fsp3) is 0.300. The van der Waals surface area contributed by atoms with Crippen molar-refractivity contribution in [2.24, 2.45) is 0 Å². The Labute approximate surface area is 91.5 Å². The lowest BCUT2D eigenvalue weighted by atomic mass is 10.3. The normalized spacial score (nSPS) is 10.7. The molecule has 0 unspecified atom stereocenters. The molecule has 0 atom stereocenters. The second-order valence-corrected chi connectivity index (χ2v) is 4.13. The zero-order valence-corrected chi connectivity index (χ0v) is 9.36. The highest BCUT2D eigenvalue weighted by atomic mass is 35.5. The number of aromatic nitrogens is 1. The van der Waals surface area contributed by atoms with Gasteiger partial charge in [-0.25, -0.2) is 4.98 Å². The van der Waals surface area contributed by atoms with E-state index >= 15 is 0 Å². The predicted molar refractivity (Wildman–Crippen MR) is 60.3 cm³/mol. The van der Waals surface area contributed by atoms with Crippen LogP contribution in [-0.4, -0.2) is 11.6 Å². The third-order valence-corrected chi connectivity index (χ3v) is 3.33. The summed E-state index contributed by atoms with van der Waals surface area (Å²) in [6, 6.07) is 5.89. The summed E-state index contributed by atoms with van der Waals surface area (Å²) in [5.41, 5.74) is 0.969. The van der Waals surface area contributed by atoms with Crippen LogP contribution >= 0.6 is 22.9 Å². The van der Waals surface area contributed by atoms with Gasteiger partial charge in [0, 0.05) is 0 Å². The Kier molecular flexibility index (Phi) is 2.89. The van der Waals surface area contributed by atoms with Gasteiger partial charge in [0.15, 0.2) is 0 Å². The molecule has 0 saturated heterocycles. The minimum absolute atomic E-state index is 0.463. The molecule has 0 amide bonds.